The molecule has 1 aliphatic carbocycles. The number of nitrogens with two attached hydrogens (primary N) is 1. The monoisotopic (exact) mass is 240 g/mol. The Kier molecular flexibility index (Phi) is 7.89. The number of hydrogen-bond donors (Lipinski definition) is 4. The van der Waals surface area contributed by atoms with Gasteiger partial charge in [0.15, 0.2) is 0 Å². The van der Waals surface area contributed by atoms with E-state index < -0.39 is 10.4 Å². The van der Waals surface area contributed by atoms with Gasteiger partial charge in [0.2, 0.25) is 0 Å². The minimum absolute atomic E-state index is 0.963. The summed E-state index contributed by atoms with van der Waals surface area (Å²) >= 11 is 0. The highest BCUT2D eigenvalue weighted by Gasteiger charge is 2.11. The summed E-state index contributed by atoms with van der Waals surface area (Å²) in [5, 5.41) is 0. The second-order valence-electron chi connectivity index (χ2n) is 3.69. The van der Waals surface area contributed by atoms with E-state index in [0.717, 1.165) is 12.5 Å². The van der Waals surface area contributed by atoms with Crippen LogP contribution in [-0.2, 0) is 10.4 Å². The zero-order valence-corrected chi connectivity index (χ0v) is 9.54. The van der Waals surface area contributed by atoms with Crippen molar-refractivity contribution in [2.75, 3.05) is 6.54 Å². The molecule has 0 aromatic heterocycles. The zero-order chi connectivity index (χ0) is 11.7. The molecule has 1 rings (SSSR count). The Morgan fingerprint density at radius 2 is 1.67 bits per heavy atom. The van der Waals surface area contributed by atoms with Gasteiger partial charge in [-0.05, 0) is 12.3 Å². The van der Waals surface area contributed by atoms with Crippen LogP contribution in [0.4, 0.5) is 0 Å². The summed E-state index contributed by atoms with van der Waals surface area (Å²) < 4.78 is 31.6. The molecule has 0 atom stereocenters. The van der Waals surface area contributed by atoms with Gasteiger partial charge in [-0.3, -0.25) is 20.4 Å². The lowest BCUT2D eigenvalue weighted by atomic mass is 9.87. The van der Waals surface area contributed by atoms with E-state index in [2.05, 4.69) is 5.43 Å². The van der Waals surface area contributed by atoms with Crippen LogP contribution in [0.25, 0.3) is 0 Å². The first-order chi connectivity index (χ1) is 6.93. The van der Waals surface area contributed by atoms with Crippen molar-refractivity contribution in [1.29, 1.82) is 0 Å². The molecule has 0 heterocycles. The van der Waals surface area contributed by atoms with E-state index in [0.29, 0.717) is 0 Å². The van der Waals surface area contributed by atoms with Crippen molar-refractivity contribution in [2.24, 2.45) is 11.8 Å². The average molecular weight is 240 g/mol. The molecule has 0 aromatic rings. The SMILES string of the molecule is NNCCC1CCCCC1.O=S(=O)(O)O. The van der Waals surface area contributed by atoms with Crippen molar-refractivity contribution < 1.29 is 17.5 Å². The van der Waals surface area contributed by atoms with Gasteiger partial charge in [-0.2, -0.15) is 8.42 Å². The van der Waals surface area contributed by atoms with Gasteiger partial charge < -0.3 is 0 Å². The lowest BCUT2D eigenvalue weighted by molar-refractivity contribution is 0.335. The van der Waals surface area contributed by atoms with Gasteiger partial charge in [0.05, 0.1) is 0 Å². The minimum Gasteiger partial charge on any atom is -0.271 e. The van der Waals surface area contributed by atoms with Crippen LogP contribution in [0.3, 0.4) is 0 Å². The van der Waals surface area contributed by atoms with Gasteiger partial charge in [0.25, 0.3) is 0 Å². The third-order valence-corrected chi connectivity index (χ3v) is 2.42. The molecule has 0 aliphatic heterocycles. The van der Waals surface area contributed by atoms with Crippen LogP contribution in [0.5, 0.6) is 0 Å². The summed E-state index contributed by atoms with van der Waals surface area (Å²) in [6.07, 6.45) is 8.47. The summed E-state index contributed by atoms with van der Waals surface area (Å²) in [6.45, 7) is 0.991. The summed E-state index contributed by atoms with van der Waals surface area (Å²) in [5.41, 5.74) is 2.71. The predicted octanol–water partition coefficient (Wildman–Crippen LogP) is 0.767. The van der Waals surface area contributed by atoms with Crippen molar-refractivity contribution in [3.8, 4) is 0 Å². The largest absolute Gasteiger partial charge is 0.394 e. The van der Waals surface area contributed by atoms with Gasteiger partial charge >= 0.3 is 10.4 Å². The Morgan fingerprint density at radius 1 is 1.20 bits per heavy atom. The molecule has 6 nitrogen and oxygen atoms in total. The molecule has 0 aromatic carbocycles. The lowest BCUT2D eigenvalue weighted by Crippen LogP contribution is -2.25. The predicted molar refractivity (Wildman–Crippen MR) is 57.6 cm³/mol. The highest BCUT2D eigenvalue weighted by atomic mass is 32.3. The van der Waals surface area contributed by atoms with Gasteiger partial charge in [-0.15, -0.1) is 0 Å². The Morgan fingerprint density at radius 3 is 2.07 bits per heavy atom. The van der Waals surface area contributed by atoms with Crippen LogP contribution in [0, 0.1) is 5.92 Å². The zero-order valence-electron chi connectivity index (χ0n) is 8.72. The quantitative estimate of drug-likeness (QED) is 0.329. The third kappa shape index (κ3) is 13.8. The average Bonchev–Trinajstić information content (AvgIpc) is 2.14. The molecule has 1 saturated carbocycles. The van der Waals surface area contributed by atoms with Gasteiger partial charge in [0.1, 0.15) is 0 Å². The van der Waals surface area contributed by atoms with Crippen molar-refractivity contribution in [1.82, 2.24) is 5.43 Å². The highest BCUT2D eigenvalue weighted by Crippen LogP contribution is 2.25. The van der Waals surface area contributed by atoms with E-state index in [4.69, 9.17) is 23.4 Å². The highest BCUT2D eigenvalue weighted by molar-refractivity contribution is 7.79. The number of nitrogens with one attached hydrogen (secondary N) is 1. The molecular weight excluding hydrogens is 220 g/mol. The van der Waals surface area contributed by atoms with E-state index in [1.165, 1.54) is 38.5 Å². The summed E-state index contributed by atoms with van der Waals surface area (Å²) in [6, 6.07) is 0. The number of hydrogen-bond acceptors (Lipinski definition) is 4. The first kappa shape index (κ1) is 14.8. The summed E-state index contributed by atoms with van der Waals surface area (Å²) in [5.74, 6) is 6.16. The summed E-state index contributed by atoms with van der Waals surface area (Å²) in [7, 11) is -4.67. The van der Waals surface area contributed by atoms with E-state index >= 15 is 0 Å². The van der Waals surface area contributed by atoms with Crippen molar-refractivity contribution in [2.45, 2.75) is 38.5 Å². The van der Waals surface area contributed by atoms with Crippen molar-refractivity contribution in [3.05, 3.63) is 0 Å². The summed E-state index contributed by atoms with van der Waals surface area (Å²) in [4.78, 5) is 0. The number of rotatable bonds is 3. The van der Waals surface area contributed by atoms with E-state index in [9.17, 15) is 0 Å². The second kappa shape index (κ2) is 8.00. The molecule has 0 bridgehead atoms. The molecule has 1 fully saturated rings. The fraction of sp³-hybridized carbons (Fsp3) is 1.00. The smallest absolute Gasteiger partial charge is 0.271 e. The Hall–Kier alpha value is -0.210. The molecular formula is C8H20N2O4S. The van der Waals surface area contributed by atoms with Gasteiger partial charge in [-0.25, -0.2) is 0 Å². The Labute approximate surface area is 90.8 Å². The van der Waals surface area contributed by atoms with Crippen LogP contribution in [0.1, 0.15) is 38.5 Å². The Balaban J connectivity index is 0.000000336. The minimum atomic E-state index is -4.67. The molecule has 15 heavy (non-hydrogen) atoms. The van der Waals surface area contributed by atoms with Crippen LogP contribution in [0.15, 0.2) is 0 Å². The van der Waals surface area contributed by atoms with Gasteiger partial charge in [0, 0.05) is 6.54 Å². The molecule has 0 spiro atoms. The van der Waals surface area contributed by atoms with E-state index in [-0.39, 0.29) is 0 Å². The second-order valence-corrected chi connectivity index (χ2v) is 4.59. The molecule has 0 saturated heterocycles. The van der Waals surface area contributed by atoms with Crippen LogP contribution in [-0.4, -0.2) is 24.1 Å². The maximum absolute atomic E-state index is 8.74. The molecule has 92 valence electrons. The standard InChI is InChI=1S/C8H18N2.H2O4S/c9-10-7-6-8-4-2-1-3-5-8;1-5(2,3)4/h8,10H,1-7,9H2;(H2,1,2,3,4). The Bertz CT molecular complexity index is 229. The van der Waals surface area contributed by atoms with Gasteiger partial charge in [-0.1, -0.05) is 32.1 Å². The maximum Gasteiger partial charge on any atom is 0.394 e. The van der Waals surface area contributed by atoms with Crippen molar-refractivity contribution in [3.63, 3.8) is 0 Å². The van der Waals surface area contributed by atoms with E-state index in [1.807, 2.05) is 0 Å². The van der Waals surface area contributed by atoms with Crippen LogP contribution < -0.4 is 11.3 Å². The molecule has 5 N–H and O–H groups in total. The molecule has 0 amide bonds. The van der Waals surface area contributed by atoms with E-state index in [1.54, 1.807) is 0 Å². The van der Waals surface area contributed by atoms with Crippen LogP contribution >= 0.6 is 0 Å². The molecule has 0 unspecified atom stereocenters. The first-order valence-corrected chi connectivity index (χ1v) is 6.46. The lowest BCUT2D eigenvalue weighted by Gasteiger charge is -2.20. The van der Waals surface area contributed by atoms with Crippen LogP contribution in [0.2, 0.25) is 0 Å². The number of hydrazine groups is 1. The normalized spacial score (nSPS) is 18.1. The van der Waals surface area contributed by atoms with Crippen molar-refractivity contribution >= 4 is 10.4 Å². The molecule has 7 heteroatoms. The molecule has 0 radical (unpaired) electrons. The third-order valence-electron chi connectivity index (χ3n) is 2.42. The fourth-order valence-electron chi connectivity index (χ4n) is 1.76. The maximum atomic E-state index is 8.74. The molecule has 1 aliphatic rings. The topological polar surface area (TPSA) is 113 Å². The first-order valence-electron chi connectivity index (χ1n) is 5.07. The fourth-order valence-corrected chi connectivity index (χ4v) is 1.76.